The number of carbonyl (C=O) groups is 1. The Morgan fingerprint density at radius 2 is 1.78 bits per heavy atom. The second-order valence-electron chi connectivity index (χ2n) is 7.21. The van der Waals surface area contributed by atoms with Crippen LogP contribution in [0.1, 0.15) is 6.42 Å². The molecule has 10 heteroatoms. The van der Waals surface area contributed by atoms with E-state index in [0.717, 1.165) is 32.4 Å². The van der Waals surface area contributed by atoms with E-state index in [4.69, 9.17) is 0 Å². The molecule has 1 atom stereocenters. The molecule has 3 rings (SSSR count). The number of benzene rings is 1. The Hall–Kier alpha value is -1.49. The smallest absolute Gasteiger partial charge is 0.238 e. The molecule has 1 aromatic rings. The lowest BCUT2D eigenvalue weighted by Gasteiger charge is -2.37. The van der Waals surface area contributed by atoms with Gasteiger partial charge in [-0.05, 0) is 30.7 Å². The number of carbonyl (C=O) groups excluding carboxylic acids is 1. The molecule has 0 spiro atoms. The number of sulfone groups is 2. The number of anilines is 1. The molecule has 27 heavy (non-hydrogen) atoms. The molecule has 2 aliphatic heterocycles. The van der Waals surface area contributed by atoms with E-state index in [9.17, 15) is 21.6 Å². The number of nitrogens with zero attached hydrogens (tertiary/aromatic N) is 2. The first-order valence-corrected chi connectivity index (χ1v) is 12.6. The molecule has 1 aromatic carbocycles. The fourth-order valence-corrected chi connectivity index (χ4v) is 5.93. The Morgan fingerprint density at radius 1 is 1.15 bits per heavy atom. The molecule has 150 valence electrons. The highest BCUT2D eigenvalue weighted by molar-refractivity contribution is 7.91. The molecular formula is C17H25N3O5S2. The summed E-state index contributed by atoms with van der Waals surface area (Å²) in [5.74, 6) is 0.369. The van der Waals surface area contributed by atoms with E-state index in [-0.39, 0.29) is 34.9 Å². The molecule has 2 heterocycles. The molecule has 0 aromatic heterocycles. The summed E-state index contributed by atoms with van der Waals surface area (Å²) in [4.78, 5) is 16.7. The van der Waals surface area contributed by atoms with Crippen LogP contribution in [0.15, 0.2) is 29.2 Å². The molecule has 0 bridgehead atoms. The monoisotopic (exact) mass is 415 g/mol. The third-order valence-electron chi connectivity index (χ3n) is 5.07. The number of nitrogens with one attached hydrogen (secondary N) is 1. The van der Waals surface area contributed by atoms with Crippen LogP contribution in [0.25, 0.3) is 0 Å². The zero-order valence-electron chi connectivity index (χ0n) is 15.3. The molecule has 0 saturated carbocycles. The number of hydrogen-bond acceptors (Lipinski definition) is 7. The van der Waals surface area contributed by atoms with Gasteiger partial charge in [-0.15, -0.1) is 0 Å². The Morgan fingerprint density at radius 3 is 2.30 bits per heavy atom. The SMILES string of the molecule is CS(=O)(=O)c1ccc(NC(=O)CN2CCN(C3CCS(=O)(=O)C3)CC2)cc1. The Bertz CT molecular complexity index is 889. The topological polar surface area (TPSA) is 104 Å². The normalized spacial score (nSPS) is 24.0. The molecule has 0 aliphatic carbocycles. The first kappa shape index (κ1) is 20.2. The molecule has 2 aliphatic rings. The quantitative estimate of drug-likeness (QED) is 0.712. The van der Waals surface area contributed by atoms with Crippen molar-refractivity contribution >= 4 is 31.3 Å². The van der Waals surface area contributed by atoms with Gasteiger partial charge in [0.2, 0.25) is 5.91 Å². The van der Waals surface area contributed by atoms with Crippen LogP contribution in [0.2, 0.25) is 0 Å². The van der Waals surface area contributed by atoms with Crippen molar-refractivity contribution in [3.63, 3.8) is 0 Å². The molecule has 1 unspecified atom stereocenters. The van der Waals surface area contributed by atoms with Gasteiger partial charge in [0.05, 0.1) is 22.9 Å². The fraction of sp³-hybridized carbons (Fsp3) is 0.588. The third kappa shape index (κ3) is 5.50. The van der Waals surface area contributed by atoms with Crippen molar-refractivity contribution in [1.29, 1.82) is 0 Å². The van der Waals surface area contributed by atoms with Crippen LogP contribution in [0.4, 0.5) is 5.69 Å². The van der Waals surface area contributed by atoms with E-state index in [2.05, 4.69) is 10.2 Å². The summed E-state index contributed by atoms with van der Waals surface area (Å²) in [5, 5.41) is 2.78. The van der Waals surface area contributed by atoms with Gasteiger partial charge in [-0.1, -0.05) is 0 Å². The first-order valence-electron chi connectivity index (χ1n) is 8.89. The molecule has 8 nitrogen and oxygen atoms in total. The minimum Gasteiger partial charge on any atom is -0.325 e. The Labute approximate surface area is 160 Å². The van der Waals surface area contributed by atoms with Crippen LogP contribution < -0.4 is 5.32 Å². The Kier molecular flexibility index (Phi) is 5.90. The fourth-order valence-electron chi connectivity index (χ4n) is 3.54. The number of piperazine rings is 1. The van der Waals surface area contributed by atoms with Gasteiger partial charge in [-0.2, -0.15) is 0 Å². The van der Waals surface area contributed by atoms with Gasteiger partial charge in [0.15, 0.2) is 19.7 Å². The van der Waals surface area contributed by atoms with Crippen LogP contribution >= 0.6 is 0 Å². The van der Waals surface area contributed by atoms with E-state index < -0.39 is 19.7 Å². The lowest BCUT2D eigenvalue weighted by molar-refractivity contribution is -0.117. The second-order valence-corrected chi connectivity index (χ2v) is 11.5. The van der Waals surface area contributed by atoms with Crippen LogP contribution in [0.3, 0.4) is 0 Å². The lowest BCUT2D eigenvalue weighted by atomic mass is 10.2. The van der Waals surface area contributed by atoms with E-state index >= 15 is 0 Å². The third-order valence-corrected chi connectivity index (χ3v) is 7.94. The van der Waals surface area contributed by atoms with E-state index in [1.165, 1.54) is 12.1 Å². The van der Waals surface area contributed by atoms with Crippen LogP contribution in [0, 0.1) is 0 Å². The first-order chi connectivity index (χ1) is 12.6. The maximum absolute atomic E-state index is 12.2. The van der Waals surface area contributed by atoms with Gasteiger partial charge < -0.3 is 5.32 Å². The van der Waals surface area contributed by atoms with Crippen molar-refractivity contribution in [1.82, 2.24) is 9.80 Å². The van der Waals surface area contributed by atoms with Gasteiger partial charge in [0, 0.05) is 44.2 Å². The highest BCUT2D eigenvalue weighted by atomic mass is 32.2. The van der Waals surface area contributed by atoms with Crippen molar-refractivity contribution in [2.24, 2.45) is 0 Å². The highest BCUT2D eigenvalue weighted by Crippen LogP contribution is 2.19. The number of amides is 1. The van der Waals surface area contributed by atoms with Crippen molar-refractivity contribution in [2.45, 2.75) is 17.4 Å². The minimum absolute atomic E-state index is 0.110. The number of rotatable bonds is 5. The summed E-state index contributed by atoms with van der Waals surface area (Å²) in [6.45, 7) is 3.21. The van der Waals surface area contributed by atoms with Crippen LogP contribution in [0.5, 0.6) is 0 Å². The van der Waals surface area contributed by atoms with Crippen LogP contribution in [-0.2, 0) is 24.5 Å². The highest BCUT2D eigenvalue weighted by Gasteiger charge is 2.33. The molecule has 2 saturated heterocycles. The zero-order chi connectivity index (χ0) is 19.7. The van der Waals surface area contributed by atoms with Gasteiger partial charge in [0.1, 0.15) is 0 Å². The summed E-state index contributed by atoms with van der Waals surface area (Å²) in [5.41, 5.74) is 0.558. The predicted octanol–water partition coefficient (Wildman–Crippen LogP) is -0.167. The standard InChI is InChI=1S/C17H25N3O5S2/c1-26(22,23)16-4-2-14(3-5-16)18-17(21)12-19-7-9-20(10-8-19)15-6-11-27(24,25)13-15/h2-5,15H,6-13H2,1H3,(H,18,21). The maximum atomic E-state index is 12.2. The van der Waals surface area contributed by atoms with Crippen molar-refractivity contribution in [3.8, 4) is 0 Å². The molecular weight excluding hydrogens is 390 g/mol. The van der Waals surface area contributed by atoms with Gasteiger partial charge in [-0.3, -0.25) is 14.6 Å². The van der Waals surface area contributed by atoms with Gasteiger partial charge in [0.25, 0.3) is 0 Å². The molecule has 1 amide bonds. The summed E-state index contributed by atoms with van der Waals surface area (Å²) >= 11 is 0. The van der Waals surface area contributed by atoms with Gasteiger partial charge in [-0.25, -0.2) is 16.8 Å². The predicted molar refractivity (Wildman–Crippen MR) is 103 cm³/mol. The average molecular weight is 416 g/mol. The summed E-state index contributed by atoms with van der Waals surface area (Å²) in [6, 6.07) is 6.21. The maximum Gasteiger partial charge on any atom is 0.238 e. The van der Waals surface area contributed by atoms with Crippen molar-refractivity contribution in [3.05, 3.63) is 24.3 Å². The second kappa shape index (κ2) is 7.86. The van der Waals surface area contributed by atoms with Crippen molar-refractivity contribution in [2.75, 3.05) is 55.8 Å². The summed E-state index contributed by atoms with van der Waals surface area (Å²) in [7, 11) is -6.14. The average Bonchev–Trinajstić information content (AvgIpc) is 2.95. The van der Waals surface area contributed by atoms with Crippen molar-refractivity contribution < 1.29 is 21.6 Å². The molecule has 0 radical (unpaired) electrons. The summed E-state index contributed by atoms with van der Waals surface area (Å²) in [6.07, 6.45) is 1.84. The van der Waals surface area contributed by atoms with E-state index in [1.54, 1.807) is 12.1 Å². The molecule has 2 fully saturated rings. The summed E-state index contributed by atoms with van der Waals surface area (Å²) < 4.78 is 46.1. The number of hydrogen-bond donors (Lipinski definition) is 1. The van der Waals surface area contributed by atoms with E-state index in [0.29, 0.717) is 12.1 Å². The largest absolute Gasteiger partial charge is 0.325 e. The lowest BCUT2D eigenvalue weighted by Crippen LogP contribution is -2.52. The van der Waals surface area contributed by atoms with Gasteiger partial charge >= 0.3 is 0 Å². The zero-order valence-corrected chi connectivity index (χ0v) is 16.9. The van der Waals surface area contributed by atoms with Crippen LogP contribution in [-0.4, -0.2) is 89.1 Å². The minimum atomic E-state index is -3.25. The molecule has 1 N–H and O–H groups in total. The van der Waals surface area contributed by atoms with E-state index in [1.807, 2.05) is 4.90 Å². The Balaban J connectivity index is 1.46.